The van der Waals surface area contributed by atoms with Crippen molar-refractivity contribution in [1.29, 1.82) is 0 Å². The van der Waals surface area contributed by atoms with Crippen molar-refractivity contribution in [3.05, 3.63) is 102 Å². The maximum absolute atomic E-state index is 14.0. The molecule has 3 aromatic rings. The summed E-state index contributed by atoms with van der Waals surface area (Å²) < 4.78 is 5.58. The summed E-state index contributed by atoms with van der Waals surface area (Å²) in [5.74, 6) is -0.301. The zero-order chi connectivity index (χ0) is 26.6. The minimum absolute atomic E-state index is 0.0688. The molecule has 3 atom stereocenters. The minimum atomic E-state index is -0.747. The smallest absolute Gasteiger partial charge is 0.250 e. The summed E-state index contributed by atoms with van der Waals surface area (Å²) in [6, 6.07) is 27.6. The van der Waals surface area contributed by atoms with E-state index in [0.29, 0.717) is 19.6 Å². The third-order valence-electron chi connectivity index (χ3n) is 7.93. The van der Waals surface area contributed by atoms with Crippen LogP contribution in [-0.4, -0.2) is 47.7 Å². The molecule has 2 fully saturated rings. The van der Waals surface area contributed by atoms with Crippen molar-refractivity contribution >= 4 is 23.1 Å². The van der Waals surface area contributed by atoms with Gasteiger partial charge < -0.3 is 15.0 Å². The maximum Gasteiger partial charge on any atom is 0.250 e. The summed E-state index contributed by atoms with van der Waals surface area (Å²) in [5, 5.41) is 3.01. The highest BCUT2D eigenvalue weighted by Crippen LogP contribution is 2.32. The van der Waals surface area contributed by atoms with Crippen LogP contribution in [0.1, 0.15) is 49.3 Å². The van der Waals surface area contributed by atoms with Gasteiger partial charge in [-0.15, -0.1) is 0 Å². The Morgan fingerprint density at radius 3 is 2.26 bits per heavy atom. The van der Waals surface area contributed by atoms with E-state index in [1.807, 2.05) is 59.6 Å². The molecule has 1 unspecified atom stereocenters. The molecule has 3 aromatic carbocycles. The molecule has 0 aliphatic carbocycles. The molecule has 2 saturated heterocycles. The van der Waals surface area contributed by atoms with Gasteiger partial charge in [0.2, 0.25) is 11.8 Å². The summed E-state index contributed by atoms with van der Waals surface area (Å²) in [5.41, 5.74) is 6.49. The van der Waals surface area contributed by atoms with Crippen LogP contribution in [0.5, 0.6) is 0 Å². The van der Waals surface area contributed by atoms with Gasteiger partial charge in [-0.25, -0.2) is 0 Å². The fraction of sp³-hybridized carbons (Fsp3) is 0.303. The topological polar surface area (TPSA) is 71.0 Å². The number of aliphatic imine (C=N–C) groups is 1. The van der Waals surface area contributed by atoms with Gasteiger partial charge in [-0.1, -0.05) is 84.9 Å². The van der Waals surface area contributed by atoms with Crippen LogP contribution in [0.3, 0.4) is 0 Å². The van der Waals surface area contributed by atoms with Crippen LogP contribution in [0, 0.1) is 0 Å². The maximum atomic E-state index is 14.0. The second-order valence-electron chi connectivity index (χ2n) is 10.4. The van der Waals surface area contributed by atoms with Crippen LogP contribution in [0.2, 0.25) is 0 Å². The van der Waals surface area contributed by atoms with Crippen LogP contribution in [0.4, 0.5) is 0 Å². The molecule has 3 aliphatic heterocycles. The normalized spacial score (nSPS) is 21.4. The van der Waals surface area contributed by atoms with Gasteiger partial charge >= 0.3 is 0 Å². The summed E-state index contributed by atoms with van der Waals surface area (Å²) in [6.45, 7) is 1.24. The van der Waals surface area contributed by atoms with Crippen molar-refractivity contribution < 1.29 is 14.3 Å². The van der Waals surface area contributed by atoms with Gasteiger partial charge in [0.05, 0.1) is 6.04 Å². The van der Waals surface area contributed by atoms with Crippen molar-refractivity contribution in [1.82, 2.24) is 10.2 Å². The quantitative estimate of drug-likeness (QED) is 0.444. The first-order valence-corrected chi connectivity index (χ1v) is 13.9. The zero-order valence-electron chi connectivity index (χ0n) is 22.0. The second kappa shape index (κ2) is 11.4. The number of ether oxygens (including phenoxy) is 1. The highest BCUT2D eigenvalue weighted by atomic mass is 16.5. The monoisotopic (exact) mass is 519 g/mol. The molecule has 39 heavy (non-hydrogen) atoms. The van der Waals surface area contributed by atoms with Gasteiger partial charge in [0, 0.05) is 31.5 Å². The number of rotatable bonds is 7. The molecule has 3 aliphatic rings. The second-order valence-corrected chi connectivity index (χ2v) is 10.4. The van der Waals surface area contributed by atoms with Crippen LogP contribution in [-0.2, 0) is 14.3 Å². The third-order valence-corrected chi connectivity index (χ3v) is 7.93. The standard InChI is InChI=1S/C33H33N3O3/c37-32(30-14-8-20-39-30)35-31(26-11-5-2-6-12-26)33(38)36-19-7-13-29(36)28-21-27(22-34-28)25-17-15-24(16-18-25)23-9-3-1-4-10-23/h1-6,9-12,15-18,22,29-31H,7-8,13-14,19-21H2,(H,35,37)/t29-,30?,31-/m0/s1. The molecule has 0 aromatic heterocycles. The molecular formula is C33H33N3O3. The summed E-state index contributed by atoms with van der Waals surface area (Å²) in [4.78, 5) is 33.7. The number of carbonyl (C=O) groups excluding carboxylic acids is 2. The van der Waals surface area contributed by atoms with E-state index in [4.69, 9.17) is 9.73 Å². The third kappa shape index (κ3) is 5.43. The first-order valence-electron chi connectivity index (χ1n) is 13.9. The molecule has 0 radical (unpaired) electrons. The van der Waals surface area contributed by atoms with E-state index < -0.39 is 12.1 Å². The Labute approximate surface area is 229 Å². The lowest BCUT2D eigenvalue weighted by Gasteiger charge is -2.30. The van der Waals surface area contributed by atoms with E-state index in [0.717, 1.165) is 48.1 Å². The van der Waals surface area contributed by atoms with E-state index >= 15 is 0 Å². The Morgan fingerprint density at radius 2 is 1.54 bits per heavy atom. The Balaban J connectivity index is 1.16. The number of hydrogen-bond acceptors (Lipinski definition) is 4. The van der Waals surface area contributed by atoms with Crippen LogP contribution in [0.15, 0.2) is 96.1 Å². The fourth-order valence-electron chi connectivity index (χ4n) is 5.83. The number of nitrogens with zero attached hydrogens (tertiary/aromatic N) is 2. The zero-order valence-corrected chi connectivity index (χ0v) is 22.0. The molecular weight excluding hydrogens is 486 g/mol. The number of amides is 2. The van der Waals surface area contributed by atoms with E-state index in [1.54, 1.807) is 0 Å². The molecule has 2 amide bonds. The van der Waals surface area contributed by atoms with Crippen molar-refractivity contribution in [3.8, 4) is 11.1 Å². The molecule has 0 spiro atoms. The van der Waals surface area contributed by atoms with Crippen LogP contribution in [0.25, 0.3) is 16.7 Å². The summed E-state index contributed by atoms with van der Waals surface area (Å²) >= 11 is 0. The van der Waals surface area contributed by atoms with Gasteiger partial charge in [0.15, 0.2) is 0 Å². The van der Waals surface area contributed by atoms with Gasteiger partial charge in [-0.05, 0) is 53.5 Å². The summed E-state index contributed by atoms with van der Waals surface area (Å²) in [7, 11) is 0. The number of benzene rings is 3. The lowest BCUT2D eigenvalue weighted by Crippen LogP contribution is -2.48. The van der Waals surface area contributed by atoms with Crippen molar-refractivity contribution in [2.75, 3.05) is 13.2 Å². The Morgan fingerprint density at radius 1 is 0.846 bits per heavy atom. The lowest BCUT2D eigenvalue weighted by molar-refractivity contribution is -0.139. The highest BCUT2D eigenvalue weighted by Gasteiger charge is 2.38. The van der Waals surface area contributed by atoms with Gasteiger partial charge in [0.1, 0.15) is 12.1 Å². The number of likely N-dealkylation sites (tertiary alicyclic amines) is 1. The van der Waals surface area contributed by atoms with Gasteiger partial charge in [-0.2, -0.15) is 0 Å². The predicted octanol–water partition coefficient (Wildman–Crippen LogP) is 5.57. The minimum Gasteiger partial charge on any atom is -0.368 e. The lowest BCUT2D eigenvalue weighted by atomic mass is 9.96. The van der Waals surface area contributed by atoms with Gasteiger partial charge in [-0.3, -0.25) is 14.6 Å². The van der Waals surface area contributed by atoms with Gasteiger partial charge in [0.25, 0.3) is 0 Å². The Hall–Kier alpha value is -4.03. The van der Waals surface area contributed by atoms with Crippen molar-refractivity contribution in [2.24, 2.45) is 4.99 Å². The molecule has 6 nitrogen and oxygen atoms in total. The van der Waals surface area contributed by atoms with Crippen LogP contribution < -0.4 is 5.32 Å². The van der Waals surface area contributed by atoms with E-state index in [9.17, 15) is 9.59 Å². The number of nitrogens with one attached hydrogen (secondary N) is 1. The first kappa shape index (κ1) is 25.3. The molecule has 0 bridgehead atoms. The number of hydrogen-bond donors (Lipinski definition) is 1. The first-order chi connectivity index (χ1) is 19.2. The number of allylic oxidation sites excluding steroid dienone is 1. The average Bonchev–Trinajstić information content (AvgIpc) is 3.79. The van der Waals surface area contributed by atoms with Crippen molar-refractivity contribution in [3.63, 3.8) is 0 Å². The predicted molar refractivity (Wildman–Crippen MR) is 153 cm³/mol. The largest absolute Gasteiger partial charge is 0.368 e. The molecule has 3 heterocycles. The molecule has 6 heteroatoms. The summed E-state index contributed by atoms with van der Waals surface area (Å²) in [6.07, 6.45) is 5.51. The van der Waals surface area contributed by atoms with E-state index in [2.05, 4.69) is 41.7 Å². The molecule has 0 saturated carbocycles. The Bertz CT molecular complexity index is 1380. The van der Waals surface area contributed by atoms with E-state index in [1.165, 1.54) is 11.1 Å². The molecule has 198 valence electrons. The molecule has 6 rings (SSSR count). The highest BCUT2D eigenvalue weighted by molar-refractivity contribution is 6.04. The number of carbonyl (C=O) groups is 2. The molecule has 1 N–H and O–H groups in total. The SMILES string of the molecule is O=C(N[C@H](C(=O)N1CCC[C@H]1C1=NC=C(c2ccc(-c3ccccc3)cc2)C1)c1ccccc1)C1CCCO1. The van der Waals surface area contributed by atoms with Crippen LogP contribution >= 0.6 is 0 Å². The fourth-order valence-corrected chi connectivity index (χ4v) is 5.83. The van der Waals surface area contributed by atoms with E-state index in [-0.39, 0.29) is 17.9 Å². The van der Waals surface area contributed by atoms with Crippen molar-refractivity contribution in [2.45, 2.75) is 50.3 Å². The average molecular weight is 520 g/mol. The Kier molecular flexibility index (Phi) is 7.37.